The molecule has 0 aliphatic carbocycles. The Hall–Kier alpha value is -0.440. The van der Waals surface area contributed by atoms with Crippen LogP contribution in [0.5, 0.6) is 0 Å². The smallest absolute Gasteiger partial charge is 0.0521 e. The minimum atomic E-state index is 0.664. The van der Waals surface area contributed by atoms with Gasteiger partial charge in [-0.25, -0.2) is 0 Å². The minimum Gasteiger partial charge on any atom is -0.272 e. The lowest BCUT2D eigenvalue weighted by atomic mass is 10.2. The molecule has 1 aromatic heterocycles. The van der Waals surface area contributed by atoms with Gasteiger partial charge >= 0.3 is 0 Å². The molecule has 1 rings (SSSR count). The summed E-state index contributed by atoms with van der Waals surface area (Å²) >= 11 is 4.19. The number of hydrogen-bond acceptors (Lipinski definition) is 2. The largest absolute Gasteiger partial charge is 0.272 e. The maximum atomic E-state index is 4.30. The summed E-state index contributed by atoms with van der Waals surface area (Å²) < 4.78 is 2.03. The second-order valence-corrected chi connectivity index (χ2v) is 4.24. The molecule has 0 aromatic carbocycles. The summed E-state index contributed by atoms with van der Waals surface area (Å²) in [7, 11) is 0. The van der Waals surface area contributed by atoms with Gasteiger partial charge in [0.15, 0.2) is 0 Å². The van der Waals surface area contributed by atoms with Gasteiger partial charge in [0.2, 0.25) is 0 Å². The van der Waals surface area contributed by atoms with E-state index in [1.54, 1.807) is 0 Å². The summed E-state index contributed by atoms with van der Waals surface area (Å²) in [5.74, 6) is 1.62. The third kappa shape index (κ3) is 3.85. The molecule has 1 heterocycles. The van der Waals surface area contributed by atoms with E-state index < -0.39 is 0 Å². The van der Waals surface area contributed by atoms with E-state index in [2.05, 4.69) is 37.8 Å². The zero-order valence-electron chi connectivity index (χ0n) is 8.40. The van der Waals surface area contributed by atoms with Crippen molar-refractivity contribution >= 4 is 12.6 Å². The Labute approximate surface area is 85.7 Å². The van der Waals surface area contributed by atoms with Crippen LogP contribution in [0.4, 0.5) is 0 Å². The second-order valence-electron chi connectivity index (χ2n) is 3.79. The van der Waals surface area contributed by atoms with Crippen LogP contribution >= 0.6 is 12.6 Å². The highest BCUT2D eigenvalue weighted by atomic mass is 32.1. The Morgan fingerprint density at radius 1 is 1.54 bits per heavy atom. The van der Waals surface area contributed by atoms with Crippen molar-refractivity contribution in [1.82, 2.24) is 9.78 Å². The van der Waals surface area contributed by atoms with Crippen molar-refractivity contribution in [1.29, 1.82) is 0 Å². The fraction of sp³-hybridized carbons (Fsp3) is 0.700. The van der Waals surface area contributed by atoms with E-state index in [1.165, 1.54) is 5.56 Å². The third-order valence-electron chi connectivity index (χ3n) is 1.86. The summed E-state index contributed by atoms with van der Waals surface area (Å²) in [6.07, 6.45) is 6.34. The van der Waals surface area contributed by atoms with E-state index in [0.29, 0.717) is 5.92 Å². The molecule has 13 heavy (non-hydrogen) atoms. The van der Waals surface area contributed by atoms with Gasteiger partial charge in [0.05, 0.1) is 6.20 Å². The molecule has 0 bridgehead atoms. The molecule has 1 aromatic rings. The van der Waals surface area contributed by atoms with Crippen LogP contribution in [0.2, 0.25) is 0 Å². The van der Waals surface area contributed by atoms with Crippen molar-refractivity contribution in [3.63, 3.8) is 0 Å². The summed E-state index contributed by atoms with van der Waals surface area (Å²) in [6.45, 7) is 5.42. The van der Waals surface area contributed by atoms with E-state index in [0.717, 1.165) is 25.1 Å². The Morgan fingerprint density at radius 2 is 2.31 bits per heavy atom. The fourth-order valence-electron chi connectivity index (χ4n) is 1.29. The van der Waals surface area contributed by atoms with Crippen LogP contribution < -0.4 is 0 Å². The Balaban J connectivity index is 2.44. The van der Waals surface area contributed by atoms with Crippen LogP contribution in [0.15, 0.2) is 12.4 Å². The molecule has 3 heteroatoms. The van der Waals surface area contributed by atoms with Gasteiger partial charge in [-0.1, -0.05) is 13.8 Å². The van der Waals surface area contributed by atoms with Gasteiger partial charge in [0, 0.05) is 12.7 Å². The average Bonchev–Trinajstić information content (AvgIpc) is 2.48. The molecule has 0 spiro atoms. The third-order valence-corrected chi connectivity index (χ3v) is 2.18. The van der Waals surface area contributed by atoms with Crippen molar-refractivity contribution in [3.05, 3.63) is 18.0 Å². The summed E-state index contributed by atoms with van der Waals surface area (Å²) in [5, 5.41) is 4.30. The molecule has 0 aliphatic heterocycles. The highest BCUT2D eigenvalue weighted by Gasteiger charge is 1.99. The van der Waals surface area contributed by atoms with Crippen LogP contribution in [0.1, 0.15) is 25.8 Å². The number of rotatable bonds is 5. The van der Waals surface area contributed by atoms with E-state index in [-0.39, 0.29) is 0 Å². The number of aryl methyl sites for hydroxylation is 1. The van der Waals surface area contributed by atoms with Gasteiger partial charge in [-0.2, -0.15) is 17.7 Å². The zero-order valence-corrected chi connectivity index (χ0v) is 9.30. The molecule has 0 aliphatic rings. The highest BCUT2D eigenvalue weighted by Crippen LogP contribution is 2.04. The number of hydrogen-bond donors (Lipinski definition) is 1. The summed E-state index contributed by atoms with van der Waals surface area (Å²) in [6, 6.07) is 0. The molecule has 74 valence electrons. The molecular formula is C10H18N2S. The second kappa shape index (κ2) is 5.32. The lowest BCUT2D eigenvalue weighted by Gasteiger charge is -2.03. The topological polar surface area (TPSA) is 17.8 Å². The Kier molecular flexibility index (Phi) is 4.36. The first kappa shape index (κ1) is 10.6. The van der Waals surface area contributed by atoms with Gasteiger partial charge in [0.1, 0.15) is 0 Å². The highest BCUT2D eigenvalue weighted by molar-refractivity contribution is 7.80. The molecule has 0 saturated carbocycles. The van der Waals surface area contributed by atoms with Crippen molar-refractivity contribution in [2.75, 3.05) is 5.75 Å². The summed E-state index contributed by atoms with van der Waals surface area (Å²) in [5.41, 5.74) is 1.33. The fourth-order valence-corrected chi connectivity index (χ4v) is 1.45. The van der Waals surface area contributed by atoms with E-state index in [9.17, 15) is 0 Å². The molecule has 0 fully saturated rings. The van der Waals surface area contributed by atoms with Crippen molar-refractivity contribution in [2.24, 2.45) is 5.92 Å². The Morgan fingerprint density at radius 3 is 2.92 bits per heavy atom. The van der Waals surface area contributed by atoms with Crippen molar-refractivity contribution in [2.45, 2.75) is 33.2 Å². The molecule has 2 nitrogen and oxygen atoms in total. The molecule has 0 atom stereocenters. The van der Waals surface area contributed by atoms with Crippen LogP contribution in [-0.4, -0.2) is 15.5 Å². The van der Waals surface area contributed by atoms with E-state index >= 15 is 0 Å². The maximum absolute atomic E-state index is 4.30. The van der Waals surface area contributed by atoms with Crippen LogP contribution in [-0.2, 0) is 13.0 Å². The van der Waals surface area contributed by atoms with Crippen LogP contribution in [0, 0.1) is 5.92 Å². The lowest BCUT2D eigenvalue weighted by molar-refractivity contribution is 0.483. The van der Waals surface area contributed by atoms with Crippen LogP contribution in [0.3, 0.4) is 0 Å². The number of thiol groups is 1. The number of aromatic nitrogens is 2. The first-order valence-corrected chi connectivity index (χ1v) is 5.48. The molecule has 0 amide bonds. The average molecular weight is 198 g/mol. The monoisotopic (exact) mass is 198 g/mol. The van der Waals surface area contributed by atoms with Gasteiger partial charge < -0.3 is 0 Å². The first-order valence-electron chi connectivity index (χ1n) is 4.84. The molecule has 0 radical (unpaired) electrons. The predicted molar refractivity (Wildman–Crippen MR) is 59.2 cm³/mol. The normalized spacial score (nSPS) is 11.1. The van der Waals surface area contributed by atoms with Gasteiger partial charge in [-0.15, -0.1) is 0 Å². The van der Waals surface area contributed by atoms with Crippen LogP contribution in [0.25, 0.3) is 0 Å². The summed E-state index contributed by atoms with van der Waals surface area (Å²) in [4.78, 5) is 0. The number of nitrogens with zero attached hydrogens (tertiary/aromatic N) is 2. The lowest BCUT2D eigenvalue weighted by Crippen LogP contribution is -2.04. The minimum absolute atomic E-state index is 0.664. The van der Waals surface area contributed by atoms with Gasteiger partial charge in [-0.05, 0) is 30.1 Å². The van der Waals surface area contributed by atoms with Gasteiger partial charge in [0.25, 0.3) is 0 Å². The molecule has 0 N–H and O–H groups in total. The quantitative estimate of drug-likeness (QED) is 0.719. The van der Waals surface area contributed by atoms with Gasteiger partial charge in [-0.3, -0.25) is 4.68 Å². The van der Waals surface area contributed by atoms with Crippen molar-refractivity contribution < 1.29 is 0 Å². The molecule has 0 saturated heterocycles. The first-order chi connectivity index (χ1) is 6.22. The zero-order chi connectivity index (χ0) is 9.68. The van der Waals surface area contributed by atoms with E-state index in [4.69, 9.17) is 0 Å². The van der Waals surface area contributed by atoms with E-state index in [1.807, 2.05) is 10.9 Å². The predicted octanol–water partition coefficient (Wildman–Crippen LogP) is 2.40. The SMILES string of the molecule is CC(C)Cn1cc(CCCS)cn1. The standard InChI is InChI=1S/C10H18N2S/c1-9(2)7-12-8-10(6-11-12)4-3-5-13/h6,8-9,13H,3-5,7H2,1-2H3. The Bertz CT molecular complexity index is 243. The molecular weight excluding hydrogens is 180 g/mol. The maximum Gasteiger partial charge on any atom is 0.0521 e. The molecule has 0 unspecified atom stereocenters. The van der Waals surface area contributed by atoms with Crippen molar-refractivity contribution in [3.8, 4) is 0 Å².